The Balaban J connectivity index is 2.29. The highest BCUT2D eigenvalue weighted by atomic mass is 16.5. The molecule has 0 aliphatic carbocycles. The second-order valence-corrected chi connectivity index (χ2v) is 7.44. The van der Waals surface area contributed by atoms with Gasteiger partial charge in [-0.15, -0.1) is 0 Å². The van der Waals surface area contributed by atoms with Crippen LogP contribution >= 0.6 is 0 Å². The molecule has 2 rings (SSSR count). The number of nitrogens with zero attached hydrogens (tertiary/aromatic N) is 1. The number of ether oxygens (including phenoxy) is 1. The molecule has 2 unspecified atom stereocenters. The van der Waals surface area contributed by atoms with E-state index in [0.717, 1.165) is 0 Å². The van der Waals surface area contributed by atoms with Gasteiger partial charge in [-0.05, 0) is 51.5 Å². The zero-order chi connectivity index (χ0) is 12.9. The summed E-state index contributed by atoms with van der Waals surface area (Å²) in [5, 5.41) is 0. The molecule has 0 saturated carbocycles. The number of fused-ring (bicyclic) bond motifs is 1. The molecule has 2 atom stereocenters. The Bertz CT molecular complexity index is 292. The number of hydrogen-bond acceptors (Lipinski definition) is 2. The van der Waals surface area contributed by atoms with Crippen molar-refractivity contribution in [1.29, 1.82) is 0 Å². The standard InChI is InChI=1S/C15H29NO/c1-13(2,3)15-9-7-11-16(15)12(8-10-15)14(4,5)17-6/h12H,7-11H2,1-6H3. The van der Waals surface area contributed by atoms with Gasteiger partial charge in [-0.1, -0.05) is 20.8 Å². The average molecular weight is 239 g/mol. The summed E-state index contributed by atoms with van der Waals surface area (Å²) in [6.45, 7) is 13.0. The highest BCUT2D eigenvalue weighted by Gasteiger charge is 2.58. The highest BCUT2D eigenvalue weighted by molar-refractivity contribution is 5.12. The molecule has 2 aliphatic rings. The molecule has 2 fully saturated rings. The molecule has 0 N–H and O–H groups in total. The molecule has 0 amide bonds. The molecule has 17 heavy (non-hydrogen) atoms. The normalized spacial score (nSPS) is 35.3. The Kier molecular flexibility index (Phi) is 3.11. The lowest BCUT2D eigenvalue weighted by Gasteiger charge is -2.48. The second-order valence-electron chi connectivity index (χ2n) is 7.44. The van der Waals surface area contributed by atoms with Crippen LogP contribution in [-0.4, -0.2) is 35.7 Å². The monoisotopic (exact) mass is 239 g/mol. The van der Waals surface area contributed by atoms with E-state index in [2.05, 4.69) is 39.5 Å². The molecule has 2 saturated heterocycles. The highest BCUT2D eigenvalue weighted by Crippen LogP contribution is 2.54. The summed E-state index contributed by atoms with van der Waals surface area (Å²) in [7, 11) is 1.85. The van der Waals surface area contributed by atoms with E-state index in [-0.39, 0.29) is 5.60 Å². The van der Waals surface area contributed by atoms with Gasteiger partial charge in [0.2, 0.25) is 0 Å². The van der Waals surface area contributed by atoms with E-state index >= 15 is 0 Å². The predicted molar refractivity (Wildman–Crippen MR) is 72.2 cm³/mol. The molecule has 0 aromatic heterocycles. The van der Waals surface area contributed by atoms with Crippen molar-refractivity contribution in [3.8, 4) is 0 Å². The summed E-state index contributed by atoms with van der Waals surface area (Å²) < 4.78 is 5.75. The molecule has 0 radical (unpaired) electrons. The zero-order valence-electron chi connectivity index (χ0n) is 12.5. The van der Waals surface area contributed by atoms with Gasteiger partial charge in [0.15, 0.2) is 0 Å². The van der Waals surface area contributed by atoms with Crippen LogP contribution in [-0.2, 0) is 4.74 Å². The van der Waals surface area contributed by atoms with Gasteiger partial charge in [0.1, 0.15) is 0 Å². The third-order valence-electron chi connectivity index (χ3n) is 5.47. The van der Waals surface area contributed by atoms with E-state index < -0.39 is 0 Å². The van der Waals surface area contributed by atoms with Crippen LogP contribution in [0.25, 0.3) is 0 Å². The van der Waals surface area contributed by atoms with Crippen LogP contribution < -0.4 is 0 Å². The first-order chi connectivity index (χ1) is 7.74. The minimum atomic E-state index is -0.0165. The molecule has 2 nitrogen and oxygen atoms in total. The largest absolute Gasteiger partial charge is 0.377 e. The smallest absolute Gasteiger partial charge is 0.0777 e. The fourth-order valence-electron chi connectivity index (χ4n) is 4.19. The van der Waals surface area contributed by atoms with Gasteiger partial charge in [-0.25, -0.2) is 0 Å². The minimum absolute atomic E-state index is 0.0165. The van der Waals surface area contributed by atoms with Gasteiger partial charge in [0.25, 0.3) is 0 Å². The summed E-state index contributed by atoms with van der Waals surface area (Å²) in [6.07, 6.45) is 5.35. The molecule has 100 valence electrons. The molecular weight excluding hydrogens is 210 g/mol. The third-order valence-corrected chi connectivity index (χ3v) is 5.47. The summed E-state index contributed by atoms with van der Waals surface area (Å²) in [5.74, 6) is 0. The van der Waals surface area contributed by atoms with Crippen LogP contribution in [0.5, 0.6) is 0 Å². The van der Waals surface area contributed by atoms with Crippen LogP contribution in [0, 0.1) is 5.41 Å². The Morgan fingerprint density at radius 1 is 1.12 bits per heavy atom. The minimum Gasteiger partial charge on any atom is -0.377 e. The van der Waals surface area contributed by atoms with Gasteiger partial charge < -0.3 is 4.74 Å². The summed E-state index contributed by atoms with van der Waals surface area (Å²) in [4.78, 5) is 2.77. The number of methoxy groups -OCH3 is 1. The van der Waals surface area contributed by atoms with Crippen molar-refractivity contribution in [1.82, 2.24) is 4.90 Å². The lowest BCUT2D eigenvalue weighted by atomic mass is 9.71. The Labute approximate surface area is 107 Å². The van der Waals surface area contributed by atoms with E-state index in [4.69, 9.17) is 4.74 Å². The van der Waals surface area contributed by atoms with E-state index in [1.54, 1.807) is 0 Å². The third kappa shape index (κ3) is 1.84. The summed E-state index contributed by atoms with van der Waals surface area (Å²) in [6, 6.07) is 0.592. The quantitative estimate of drug-likeness (QED) is 0.732. The van der Waals surface area contributed by atoms with Crippen molar-refractivity contribution in [3.05, 3.63) is 0 Å². The number of hydrogen-bond donors (Lipinski definition) is 0. The van der Waals surface area contributed by atoms with Gasteiger partial charge in [-0.2, -0.15) is 0 Å². The molecule has 0 bridgehead atoms. The number of rotatable bonds is 2. The van der Waals surface area contributed by atoms with Crippen molar-refractivity contribution in [3.63, 3.8) is 0 Å². The van der Waals surface area contributed by atoms with Crippen molar-refractivity contribution < 1.29 is 4.74 Å². The SMILES string of the molecule is COC(C)(C)C1CCC2(C(C)(C)C)CCCN12. The lowest BCUT2D eigenvalue weighted by molar-refractivity contribution is -0.0665. The van der Waals surface area contributed by atoms with E-state index in [1.807, 2.05) is 7.11 Å². The van der Waals surface area contributed by atoms with Gasteiger partial charge >= 0.3 is 0 Å². The molecule has 0 spiro atoms. The predicted octanol–water partition coefficient (Wildman–Crippen LogP) is 3.45. The Morgan fingerprint density at radius 3 is 2.29 bits per heavy atom. The first kappa shape index (κ1) is 13.4. The molecule has 0 aromatic carbocycles. The Morgan fingerprint density at radius 2 is 1.76 bits per heavy atom. The maximum absolute atomic E-state index is 5.75. The molecule has 2 heterocycles. The van der Waals surface area contributed by atoms with Gasteiger partial charge in [0, 0.05) is 18.7 Å². The second kappa shape index (κ2) is 3.96. The molecule has 2 aliphatic heterocycles. The first-order valence-electron chi connectivity index (χ1n) is 7.06. The van der Waals surface area contributed by atoms with Crippen LogP contribution in [0.15, 0.2) is 0 Å². The fourth-order valence-corrected chi connectivity index (χ4v) is 4.19. The maximum atomic E-state index is 5.75. The summed E-state index contributed by atoms with van der Waals surface area (Å²) in [5.41, 5.74) is 0.785. The fraction of sp³-hybridized carbons (Fsp3) is 1.00. The zero-order valence-corrected chi connectivity index (χ0v) is 12.5. The average Bonchev–Trinajstić information content (AvgIpc) is 2.73. The molecule has 0 aromatic rings. The summed E-state index contributed by atoms with van der Waals surface area (Å²) >= 11 is 0. The molecule has 2 heteroatoms. The van der Waals surface area contributed by atoms with Gasteiger partial charge in [-0.3, -0.25) is 4.90 Å². The van der Waals surface area contributed by atoms with Crippen LogP contribution in [0.3, 0.4) is 0 Å². The van der Waals surface area contributed by atoms with Crippen LogP contribution in [0.4, 0.5) is 0 Å². The Hall–Kier alpha value is -0.0800. The maximum Gasteiger partial charge on any atom is 0.0777 e. The van der Waals surface area contributed by atoms with E-state index in [0.29, 0.717) is 17.0 Å². The van der Waals surface area contributed by atoms with Crippen molar-refractivity contribution in [2.24, 2.45) is 5.41 Å². The van der Waals surface area contributed by atoms with Crippen molar-refractivity contribution >= 4 is 0 Å². The van der Waals surface area contributed by atoms with Crippen molar-refractivity contribution in [2.75, 3.05) is 13.7 Å². The topological polar surface area (TPSA) is 12.5 Å². The first-order valence-corrected chi connectivity index (χ1v) is 7.06. The van der Waals surface area contributed by atoms with Gasteiger partial charge in [0.05, 0.1) is 5.60 Å². The van der Waals surface area contributed by atoms with Crippen LogP contribution in [0.1, 0.15) is 60.3 Å². The van der Waals surface area contributed by atoms with Crippen LogP contribution in [0.2, 0.25) is 0 Å². The lowest BCUT2D eigenvalue weighted by Crippen LogP contribution is -2.56. The van der Waals surface area contributed by atoms with Crippen molar-refractivity contribution in [2.45, 2.75) is 77.5 Å². The van der Waals surface area contributed by atoms with E-state index in [1.165, 1.54) is 32.2 Å². The molecular formula is C15H29NO. The van der Waals surface area contributed by atoms with E-state index in [9.17, 15) is 0 Å².